The van der Waals surface area contributed by atoms with Crippen LogP contribution in [0, 0.1) is 5.92 Å². The summed E-state index contributed by atoms with van der Waals surface area (Å²) in [6, 6.07) is 0. The van der Waals surface area contributed by atoms with Gasteiger partial charge >= 0.3 is 0 Å². The number of nitrogens with zero attached hydrogens (tertiary/aromatic N) is 1. The Balaban J connectivity index is 2.01. The molecule has 1 saturated heterocycles. The molecular weight excluding hydrogens is 188 g/mol. The van der Waals surface area contributed by atoms with Crippen LogP contribution in [0.5, 0.6) is 0 Å². The van der Waals surface area contributed by atoms with Gasteiger partial charge in [0.25, 0.3) is 0 Å². The highest BCUT2D eigenvalue weighted by Gasteiger charge is 2.23. The van der Waals surface area contributed by atoms with Crippen LogP contribution in [-0.4, -0.2) is 50.3 Å². The largest absolute Gasteiger partial charge is 0.377 e. The molecule has 1 heterocycles. The van der Waals surface area contributed by atoms with Gasteiger partial charge in [-0.3, -0.25) is 0 Å². The molecule has 0 radical (unpaired) electrons. The quantitative estimate of drug-likeness (QED) is 0.647. The standard InChI is InChI=1S/C12H26N2O/c1-4-14(5-2)8-7-13-10-12-11(3)6-9-15-12/h11-13H,4-10H2,1-3H3. The maximum Gasteiger partial charge on any atom is 0.0725 e. The lowest BCUT2D eigenvalue weighted by Crippen LogP contribution is -2.36. The fourth-order valence-electron chi connectivity index (χ4n) is 2.04. The first-order valence-electron chi connectivity index (χ1n) is 6.32. The minimum atomic E-state index is 0.446. The molecule has 3 heteroatoms. The van der Waals surface area contributed by atoms with Crippen molar-refractivity contribution in [3.63, 3.8) is 0 Å². The lowest BCUT2D eigenvalue weighted by Gasteiger charge is -2.20. The molecule has 0 aromatic rings. The zero-order valence-electron chi connectivity index (χ0n) is 10.5. The molecule has 1 fully saturated rings. The van der Waals surface area contributed by atoms with Crippen molar-refractivity contribution in [2.45, 2.75) is 33.3 Å². The average molecular weight is 214 g/mol. The van der Waals surface area contributed by atoms with E-state index in [1.165, 1.54) is 6.42 Å². The van der Waals surface area contributed by atoms with Gasteiger partial charge in [-0.1, -0.05) is 20.8 Å². The fourth-order valence-corrected chi connectivity index (χ4v) is 2.04. The maximum atomic E-state index is 5.65. The van der Waals surface area contributed by atoms with Crippen molar-refractivity contribution < 1.29 is 4.74 Å². The van der Waals surface area contributed by atoms with Gasteiger partial charge in [0.1, 0.15) is 0 Å². The first-order chi connectivity index (χ1) is 7.27. The van der Waals surface area contributed by atoms with Gasteiger partial charge < -0.3 is 15.0 Å². The van der Waals surface area contributed by atoms with Crippen molar-refractivity contribution in [1.29, 1.82) is 0 Å². The molecule has 90 valence electrons. The minimum absolute atomic E-state index is 0.446. The normalized spacial score (nSPS) is 26.4. The average Bonchev–Trinajstić information content (AvgIpc) is 2.65. The summed E-state index contributed by atoms with van der Waals surface area (Å²) in [5.41, 5.74) is 0. The van der Waals surface area contributed by atoms with Crippen LogP contribution in [-0.2, 0) is 4.74 Å². The first kappa shape index (κ1) is 12.9. The van der Waals surface area contributed by atoms with Crippen molar-refractivity contribution in [1.82, 2.24) is 10.2 Å². The Morgan fingerprint density at radius 1 is 1.33 bits per heavy atom. The van der Waals surface area contributed by atoms with Crippen molar-refractivity contribution in [2.75, 3.05) is 39.3 Å². The number of likely N-dealkylation sites (N-methyl/N-ethyl adjacent to an activating group) is 1. The van der Waals surface area contributed by atoms with Gasteiger partial charge in [0.15, 0.2) is 0 Å². The number of rotatable bonds is 7. The Labute approximate surface area is 94.2 Å². The van der Waals surface area contributed by atoms with E-state index < -0.39 is 0 Å². The van der Waals surface area contributed by atoms with Crippen molar-refractivity contribution >= 4 is 0 Å². The monoisotopic (exact) mass is 214 g/mol. The molecule has 0 bridgehead atoms. The van der Waals surface area contributed by atoms with E-state index in [1.54, 1.807) is 0 Å². The molecule has 1 aliphatic rings. The maximum absolute atomic E-state index is 5.65. The van der Waals surface area contributed by atoms with Crippen molar-refractivity contribution in [3.8, 4) is 0 Å². The Morgan fingerprint density at radius 2 is 2.07 bits per heavy atom. The molecule has 2 unspecified atom stereocenters. The highest BCUT2D eigenvalue weighted by molar-refractivity contribution is 4.74. The summed E-state index contributed by atoms with van der Waals surface area (Å²) < 4.78 is 5.65. The zero-order chi connectivity index (χ0) is 11.1. The Bertz CT molecular complexity index is 160. The van der Waals surface area contributed by atoms with Gasteiger partial charge in [0, 0.05) is 26.2 Å². The van der Waals surface area contributed by atoms with Gasteiger partial charge in [0.05, 0.1) is 6.10 Å². The van der Waals surface area contributed by atoms with Gasteiger partial charge in [-0.05, 0) is 25.4 Å². The Kier molecular flexibility index (Phi) is 6.22. The van der Waals surface area contributed by atoms with Crippen LogP contribution in [0.1, 0.15) is 27.2 Å². The number of ether oxygens (including phenoxy) is 1. The van der Waals surface area contributed by atoms with Gasteiger partial charge in [0.2, 0.25) is 0 Å². The number of hydrogen-bond acceptors (Lipinski definition) is 3. The Morgan fingerprint density at radius 3 is 2.60 bits per heavy atom. The lowest BCUT2D eigenvalue weighted by atomic mass is 10.0. The molecule has 3 nitrogen and oxygen atoms in total. The van der Waals surface area contributed by atoms with Crippen LogP contribution in [0.15, 0.2) is 0 Å². The molecule has 0 amide bonds. The molecule has 0 saturated carbocycles. The van der Waals surface area contributed by atoms with E-state index in [2.05, 4.69) is 31.0 Å². The third-order valence-electron chi connectivity index (χ3n) is 3.38. The third-order valence-corrected chi connectivity index (χ3v) is 3.38. The molecule has 0 aromatic heterocycles. The van der Waals surface area contributed by atoms with Crippen LogP contribution in [0.3, 0.4) is 0 Å². The van der Waals surface area contributed by atoms with E-state index in [1.807, 2.05) is 0 Å². The molecule has 1 aliphatic heterocycles. The SMILES string of the molecule is CCN(CC)CCNCC1OCCC1C. The molecule has 0 aliphatic carbocycles. The van der Waals surface area contributed by atoms with Gasteiger partial charge in [-0.15, -0.1) is 0 Å². The van der Waals surface area contributed by atoms with Crippen molar-refractivity contribution in [3.05, 3.63) is 0 Å². The zero-order valence-corrected chi connectivity index (χ0v) is 10.5. The van der Waals surface area contributed by atoms with Gasteiger partial charge in [-0.25, -0.2) is 0 Å². The highest BCUT2D eigenvalue weighted by atomic mass is 16.5. The van der Waals surface area contributed by atoms with E-state index >= 15 is 0 Å². The topological polar surface area (TPSA) is 24.5 Å². The summed E-state index contributed by atoms with van der Waals surface area (Å²) >= 11 is 0. The summed E-state index contributed by atoms with van der Waals surface area (Å²) in [6.45, 7) is 13.2. The smallest absolute Gasteiger partial charge is 0.0725 e. The highest BCUT2D eigenvalue weighted by Crippen LogP contribution is 2.18. The van der Waals surface area contributed by atoms with Gasteiger partial charge in [-0.2, -0.15) is 0 Å². The molecular formula is C12H26N2O. The third kappa shape index (κ3) is 4.49. The number of hydrogen-bond donors (Lipinski definition) is 1. The predicted octanol–water partition coefficient (Wildman–Crippen LogP) is 1.34. The van der Waals surface area contributed by atoms with Crippen LogP contribution < -0.4 is 5.32 Å². The molecule has 1 rings (SSSR count). The fraction of sp³-hybridized carbons (Fsp3) is 1.00. The second-order valence-electron chi connectivity index (χ2n) is 4.41. The molecule has 0 aromatic carbocycles. The summed E-state index contributed by atoms with van der Waals surface area (Å²) in [4.78, 5) is 2.44. The molecule has 15 heavy (non-hydrogen) atoms. The second kappa shape index (κ2) is 7.20. The molecule has 0 spiro atoms. The van der Waals surface area contributed by atoms with E-state index in [4.69, 9.17) is 4.74 Å². The number of nitrogens with one attached hydrogen (secondary N) is 1. The summed E-state index contributed by atoms with van der Waals surface area (Å²) in [7, 11) is 0. The second-order valence-corrected chi connectivity index (χ2v) is 4.41. The summed E-state index contributed by atoms with van der Waals surface area (Å²) in [6.07, 6.45) is 1.67. The van der Waals surface area contributed by atoms with Crippen LogP contribution >= 0.6 is 0 Å². The van der Waals surface area contributed by atoms with E-state index in [0.29, 0.717) is 6.10 Å². The van der Waals surface area contributed by atoms with Crippen LogP contribution in [0.4, 0.5) is 0 Å². The Hall–Kier alpha value is -0.120. The summed E-state index contributed by atoms with van der Waals surface area (Å²) in [5.74, 6) is 0.728. The molecule has 1 N–H and O–H groups in total. The van der Waals surface area contributed by atoms with E-state index in [-0.39, 0.29) is 0 Å². The van der Waals surface area contributed by atoms with E-state index in [0.717, 1.165) is 45.2 Å². The van der Waals surface area contributed by atoms with Crippen molar-refractivity contribution in [2.24, 2.45) is 5.92 Å². The predicted molar refractivity (Wildman–Crippen MR) is 64.2 cm³/mol. The minimum Gasteiger partial charge on any atom is -0.377 e. The lowest BCUT2D eigenvalue weighted by molar-refractivity contribution is 0.0928. The van der Waals surface area contributed by atoms with E-state index in [9.17, 15) is 0 Å². The van der Waals surface area contributed by atoms with Crippen LogP contribution in [0.2, 0.25) is 0 Å². The molecule has 2 atom stereocenters. The van der Waals surface area contributed by atoms with Crippen LogP contribution in [0.25, 0.3) is 0 Å². The summed E-state index contributed by atoms with van der Waals surface area (Å²) in [5, 5.41) is 3.49. The first-order valence-corrected chi connectivity index (χ1v) is 6.32.